The van der Waals surface area contributed by atoms with Crippen LogP contribution in [0, 0.1) is 12.3 Å². The molecule has 1 aromatic heterocycles. The number of nitrogens with one attached hydrogen (secondary N) is 1. The summed E-state index contributed by atoms with van der Waals surface area (Å²) in [4.78, 5) is 31.0. The lowest BCUT2D eigenvalue weighted by atomic mass is 9.83. The highest BCUT2D eigenvalue weighted by Crippen LogP contribution is 2.29. The number of nitrogens with zero attached hydrogens (tertiary/aromatic N) is 2. The summed E-state index contributed by atoms with van der Waals surface area (Å²) in [5, 5.41) is 2.87. The molecule has 2 amide bonds. The van der Waals surface area contributed by atoms with Gasteiger partial charge in [0.2, 0.25) is 5.91 Å². The summed E-state index contributed by atoms with van der Waals surface area (Å²) in [7, 11) is 0. The summed E-state index contributed by atoms with van der Waals surface area (Å²) < 4.78 is 0. The van der Waals surface area contributed by atoms with Crippen molar-refractivity contribution in [1.29, 1.82) is 0 Å². The van der Waals surface area contributed by atoms with Crippen LogP contribution < -0.4 is 10.2 Å². The first-order valence-electron chi connectivity index (χ1n) is 7.30. The third-order valence-corrected chi connectivity index (χ3v) is 3.78. The summed E-state index contributed by atoms with van der Waals surface area (Å²) in [5.41, 5.74) is 1.32. The van der Waals surface area contributed by atoms with E-state index in [0.717, 1.165) is 5.56 Å². The van der Waals surface area contributed by atoms with Crippen molar-refractivity contribution < 1.29 is 9.59 Å². The highest BCUT2D eigenvalue weighted by molar-refractivity contribution is 6.08. The maximum atomic E-state index is 12.9. The zero-order valence-electron chi connectivity index (χ0n) is 13.3. The van der Waals surface area contributed by atoms with Gasteiger partial charge in [-0.15, -0.1) is 0 Å². The molecular weight excluding hydrogens is 266 g/mol. The normalized spacial score (nSPS) is 23.2. The first kappa shape index (κ1) is 15.5. The van der Waals surface area contributed by atoms with Gasteiger partial charge in [-0.3, -0.25) is 19.5 Å². The lowest BCUT2D eigenvalue weighted by molar-refractivity contribution is -0.136. The quantitative estimate of drug-likeness (QED) is 0.906. The summed E-state index contributed by atoms with van der Waals surface area (Å²) >= 11 is 0. The van der Waals surface area contributed by atoms with Gasteiger partial charge in [-0.05, 0) is 30.4 Å². The Kier molecular flexibility index (Phi) is 4.03. The van der Waals surface area contributed by atoms with E-state index >= 15 is 0 Å². The maximum Gasteiger partial charge on any atom is 0.250 e. The molecule has 0 bridgehead atoms. The molecule has 0 spiro atoms. The SMILES string of the molecule is CCC1C(=O)NC(C(C)(C)C)C(=O)N1c1cncc(C)c1. The number of amides is 2. The minimum absolute atomic E-state index is 0.0682. The van der Waals surface area contributed by atoms with Crippen LogP contribution in [0.15, 0.2) is 18.5 Å². The van der Waals surface area contributed by atoms with E-state index in [2.05, 4.69) is 10.3 Å². The highest BCUT2D eigenvalue weighted by Gasteiger charge is 2.45. The van der Waals surface area contributed by atoms with Gasteiger partial charge in [-0.25, -0.2) is 0 Å². The first-order chi connectivity index (χ1) is 9.75. The van der Waals surface area contributed by atoms with Gasteiger partial charge in [0, 0.05) is 6.20 Å². The predicted octanol–water partition coefficient (Wildman–Crippen LogP) is 2.05. The second kappa shape index (κ2) is 5.47. The van der Waals surface area contributed by atoms with Crippen molar-refractivity contribution in [2.24, 2.45) is 5.41 Å². The average molecular weight is 289 g/mol. The van der Waals surface area contributed by atoms with Crippen molar-refractivity contribution in [3.8, 4) is 0 Å². The van der Waals surface area contributed by atoms with Gasteiger partial charge in [0.1, 0.15) is 12.1 Å². The smallest absolute Gasteiger partial charge is 0.250 e. The molecule has 0 aliphatic carbocycles. The fourth-order valence-electron chi connectivity index (χ4n) is 2.64. The Hall–Kier alpha value is -1.91. The molecule has 1 N–H and O–H groups in total. The van der Waals surface area contributed by atoms with Crippen LogP contribution in [0.25, 0.3) is 0 Å². The highest BCUT2D eigenvalue weighted by atomic mass is 16.2. The van der Waals surface area contributed by atoms with Crippen molar-refractivity contribution in [3.05, 3.63) is 24.0 Å². The molecule has 1 saturated heterocycles. The van der Waals surface area contributed by atoms with Gasteiger partial charge in [0.15, 0.2) is 0 Å². The van der Waals surface area contributed by atoms with Crippen LogP contribution in [-0.4, -0.2) is 28.9 Å². The van der Waals surface area contributed by atoms with Gasteiger partial charge in [0.05, 0.1) is 11.9 Å². The number of hydrogen-bond acceptors (Lipinski definition) is 3. The Morgan fingerprint density at radius 2 is 1.95 bits per heavy atom. The van der Waals surface area contributed by atoms with Gasteiger partial charge in [-0.2, -0.15) is 0 Å². The van der Waals surface area contributed by atoms with Gasteiger partial charge in [-0.1, -0.05) is 27.7 Å². The Bertz CT molecular complexity index is 563. The van der Waals surface area contributed by atoms with Crippen LogP contribution >= 0.6 is 0 Å². The van der Waals surface area contributed by atoms with E-state index in [-0.39, 0.29) is 17.2 Å². The molecule has 1 fully saturated rings. The fraction of sp³-hybridized carbons (Fsp3) is 0.562. The van der Waals surface area contributed by atoms with Crippen molar-refractivity contribution >= 4 is 17.5 Å². The van der Waals surface area contributed by atoms with Crippen LogP contribution in [0.1, 0.15) is 39.7 Å². The van der Waals surface area contributed by atoms with Crippen LogP contribution in [0.2, 0.25) is 0 Å². The number of rotatable bonds is 2. The van der Waals surface area contributed by atoms with Crippen molar-refractivity contribution in [1.82, 2.24) is 10.3 Å². The molecule has 0 radical (unpaired) electrons. The van der Waals surface area contributed by atoms with Crippen LogP contribution in [0.4, 0.5) is 5.69 Å². The zero-order valence-corrected chi connectivity index (χ0v) is 13.3. The number of hydrogen-bond donors (Lipinski definition) is 1. The number of aromatic nitrogens is 1. The van der Waals surface area contributed by atoms with Gasteiger partial charge >= 0.3 is 0 Å². The van der Waals surface area contributed by atoms with E-state index in [1.54, 1.807) is 17.3 Å². The fourth-order valence-corrected chi connectivity index (χ4v) is 2.64. The van der Waals surface area contributed by atoms with Crippen LogP contribution in [0.5, 0.6) is 0 Å². The molecular formula is C16H23N3O2. The second-order valence-corrected chi connectivity index (χ2v) is 6.66. The third-order valence-electron chi connectivity index (χ3n) is 3.78. The van der Waals surface area contributed by atoms with E-state index < -0.39 is 12.1 Å². The van der Waals surface area contributed by atoms with E-state index in [1.807, 2.05) is 40.7 Å². The number of anilines is 1. The molecule has 114 valence electrons. The van der Waals surface area contributed by atoms with Gasteiger partial charge in [0.25, 0.3) is 5.91 Å². The van der Waals surface area contributed by atoms with E-state index in [9.17, 15) is 9.59 Å². The maximum absolute atomic E-state index is 12.9. The topological polar surface area (TPSA) is 62.3 Å². The molecule has 0 saturated carbocycles. The van der Waals surface area contributed by atoms with Crippen molar-refractivity contribution in [2.75, 3.05) is 4.90 Å². The monoisotopic (exact) mass is 289 g/mol. The molecule has 1 aromatic rings. The summed E-state index contributed by atoms with van der Waals surface area (Å²) in [6.07, 6.45) is 3.95. The number of carbonyl (C=O) groups is 2. The standard InChI is InChI=1S/C16H23N3O2/c1-6-12-14(20)18-13(16(3,4)5)15(21)19(12)11-7-10(2)8-17-9-11/h7-9,12-13H,6H2,1-5H3,(H,18,20). The summed E-state index contributed by atoms with van der Waals surface area (Å²) in [5.74, 6) is -0.167. The van der Waals surface area contributed by atoms with Crippen LogP contribution in [0.3, 0.4) is 0 Å². The first-order valence-corrected chi connectivity index (χ1v) is 7.30. The van der Waals surface area contributed by atoms with Crippen molar-refractivity contribution in [2.45, 2.75) is 53.1 Å². The minimum Gasteiger partial charge on any atom is -0.342 e. The second-order valence-electron chi connectivity index (χ2n) is 6.66. The molecule has 2 rings (SSSR count). The number of aryl methyl sites for hydroxylation is 1. The molecule has 1 aliphatic heterocycles. The lowest BCUT2D eigenvalue weighted by Crippen LogP contribution is -2.66. The Balaban J connectivity index is 2.47. The molecule has 5 heteroatoms. The Morgan fingerprint density at radius 1 is 1.29 bits per heavy atom. The number of pyridine rings is 1. The predicted molar refractivity (Wildman–Crippen MR) is 81.9 cm³/mol. The molecule has 21 heavy (non-hydrogen) atoms. The van der Waals surface area contributed by atoms with E-state index in [4.69, 9.17) is 0 Å². The van der Waals surface area contributed by atoms with Crippen molar-refractivity contribution in [3.63, 3.8) is 0 Å². The third kappa shape index (κ3) is 2.91. The average Bonchev–Trinajstić information content (AvgIpc) is 2.39. The lowest BCUT2D eigenvalue weighted by Gasteiger charge is -2.43. The molecule has 2 atom stereocenters. The summed E-state index contributed by atoms with van der Waals surface area (Å²) in [6.45, 7) is 9.69. The summed E-state index contributed by atoms with van der Waals surface area (Å²) in [6, 6.07) is 0.902. The largest absolute Gasteiger partial charge is 0.342 e. The molecule has 0 aromatic carbocycles. The van der Waals surface area contributed by atoms with Crippen LogP contribution in [-0.2, 0) is 9.59 Å². The van der Waals surface area contributed by atoms with E-state index in [0.29, 0.717) is 12.1 Å². The molecule has 2 heterocycles. The van der Waals surface area contributed by atoms with Gasteiger partial charge < -0.3 is 5.32 Å². The molecule has 5 nitrogen and oxygen atoms in total. The minimum atomic E-state index is -0.520. The molecule has 1 aliphatic rings. The van der Waals surface area contributed by atoms with E-state index in [1.165, 1.54) is 0 Å². The number of carbonyl (C=O) groups excluding carboxylic acids is 2. The number of piperazine rings is 1. The molecule has 2 unspecified atom stereocenters. The Morgan fingerprint density at radius 3 is 2.48 bits per heavy atom. The Labute approximate surface area is 125 Å². The zero-order chi connectivity index (χ0) is 15.8.